The van der Waals surface area contributed by atoms with Crippen LogP contribution in [0.25, 0.3) is 11.1 Å². The van der Waals surface area contributed by atoms with Crippen LogP contribution in [0.1, 0.15) is 29.6 Å². The van der Waals surface area contributed by atoms with Gasteiger partial charge in [-0.05, 0) is 37.5 Å². The molecule has 1 fully saturated rings. The maximum absolute atomic E-state index is 12.3. The first-order valence-corrected chi connectivity index (χ1v) is 7.59. The number of benzene rings is 1. The Balaban J connectivity index is 1.88. The van der Waals surface area contributed by atoms with Gasteiger partial charge in [-0.25, -0.2) is 9.59 Å². The first kappa shape index (κ1) is 15.3. The highest BCUT2D eigenvalue weighted by molar-refractivity contribution is 5.93. The molecule has 0 unspecified atom stereocenters. The molecule has 0 spiro atoms. The van der Waals surface area contributed by atoms with Crippen LogP contribution in [0.5, 0.6) is 0 Å². The molecule has 0 bridgehead atoms. The molecule has 122 valence electrons. The molecule has 3 rings (SSSR count). The number of piperidine rings is 1. The fourth-order valence-electron chi connectivity index (χ4n) is 2.84. The second-order valence-corrected chi connectivity index (χ2v) is 5.57. The molecular formula is C16H18N2O5. The van der Waals surface area contributed by atoms with E-state index >= 15 is 0 Å². The SMILES string of the molecule is COC(=O)c1ccc2c(c1)oc(=O)n2CC(=O)N1CCCCC1. The van der Waals surface area contributed by atoms with E-state index in [1.54, 1.807) is 17.0 Å². The molecule has 7 heteroatoms. The summed E-state index contributed by atoms with van der Waals surface area (Å²) in [6, 6.07) is 4.59. The minimum absolute atomic E-state index is 0.0522. The standard InChI is InChI=1S/C16H18N2O5/c1-22-15(20)11-5-6-12-13(9-11)23-16(21)18(12)10-14(19)17-7-3-2-4-8-17/h5-6,9H,2-4,7-8,10H2,1H3. The topological polar surface area (TPSA) is 81.7 Å². The minimum atomic E-state index is -0.604. The van der Waals surface area contributed by atoms with E-state index in [-0.39, 0.29) is 18.0 Å². The summed E-state index contributed by atoms with van der Waals surface area (Å²) in [7, 11) is 1.28. The summed E-state index contributed by atoms with van der Waals surface area (Å²) < 4.78 is 11.1. The van der Waals surface area contributed by atoms with Crippen molar-refractivity contribution in [3.63, 3.8) is 0 Å². The normalized spacial score (nSPS) is 14.9. The number of hydrogen-bond acceptors (Lipinski definition) is 5. The Hall–Kier alpha value is -2.57. The maximum atomic E-state index is 12.3. The van der Waals surface area contributed by atoms with Crippen molar-refractivity contribution >= 4 is 23.0 Å². The van der Waals surface area contributed by atoms with Crippen molar-refractivity contribution < 1.29 is 18.7 Å². The van der Waals surface area contributed by atoms with E-state index in [0.29, 0.717) is 11.1 Å². The van der Waals surface area contributed by atoms with Gasteiger partial charge < -0.3 is 14.1 Å². The van der Waals surface area contributed by atoms with E-state index in [4.69, 9.17) is 4.42 Å². The molecule has 2 aromatic rings. The van der Waals surface area contributed by atoms with Crippen LogP contribution in [0.4, 0.5) is 0 Å². The average Bonchev–Trinajstić information content (AvgIpc) is 2.89. The van der Waals surface area contributed by atoms with Crippen molar-refractivity contribution in [2.75, 3.05) is 20.2 Å². The predicted octanol–water partition coefficient (Wildman–Crippen LogP) is 1.39. The van der Waals surface area contributed by atoms with Crippen molar-refractivity contribution in [2.24, 2.45) is 0 Å². The highest BCUT2D eigenvalue weighted by Crippen LogP contribution is 2.17. The Kier molecular flexibility index (Phi) is 4.18. The second kappa shape index (κ2) is 6.28. The second-order valence-electron chi connectivity index (χ2n) is 5.57. The fraction of sp³-hybridized carbons (Fsp3) is 0.438. The Bertz CT molecular complexity index is 798. The van der Waals surface area contributed by atoms with Gasteiger partial charge in [0.05, 0.1) is 18.2 Å². The maximum Gasteiger partial charge on any atom is 0.420 e. The fourth-order valence-corrected chi connectivity index (χ4v) is 2.84. The van der Waals surface area contributed by atoms with Crippen LogP contribution in [0.2, 0.25) is 0 Å². The van der Waals surface area contributed by atoms with E-state index < -0.39 is 11.7 Å². The zero-order chi connectivity index (χ0) is 16.4. The van der Waals surface area contributed by atoms with E-state index in [0.717, 1.165) is 32.4 Å². The Morgan fingerprint density at radius 1 is 1.22 bits per heavy atom. The van der Waals surface area contributed by atoms with Gasteiger partial charge in [-0.1, -0.05) is 0 Å². The summed E-state index contributed by atoms with van der Waals surface area (Å²) in [5.74, 6) is -1.20. The summed E-state index contributed by atoms with van der Waals surface area (Å²) in [6.07, 6.45) is 3.12. The molecule has 1 aromatic heterocycles. The number of aromatic nitrogens is 1. The van der Waals surface area contributed by atoms with Gasteiger partial charge in [0, 0.05) is 13.1 Å². The molecule has 0 aliphatic carbocycles. The molecule has 1 amide bonds. The highest BCUT2D eigenvalue weighted by Gasteiger charge is 2.20. The van der Waals surface area contributed by atoms with Gasteiger partial charge in [0.15, 0.2) is 5.58 Å². The monoisotopic (exact) mass is 318 g/mol. The van der Waals surface area contributed by atoms with Crippen LogP contribution in [-0.2, 0) is 16.1 Å². The number of fused-ring (bicyclic) bond motifs is 1. The lowest BCUT2D eigenvalue weighted by atomic mass is 10.1. The number of rotatable bonds is 3. The Morgan fingerprint density at radius 2 is 1.96 bits per heavy atom. The molecule has 0 saturated carbocycles. The number of ether oxygens (including phenoxy) is 1. The van der Waals surface area contributed by atoms with Gasteiger partial charge in [0.1, 0.15) is 6.54 Å². The van der Waals surface area contributed by atoms with Gasteiger partial charge >= 0.3 is 11.7 Å². The number of hydrogen-bond donors (Lipinski definition) is 0. The largest absolute Gasteiger partial charge is 0.465 e. The molecular weight excluding hydrogens is 300 g/mol. The molecule has 1 aromatic carbocycles. The summed E-state index contributed by atoms with van der Waals surface area (Å²) in [6.45, 7) is 1.41. The van der Waals surface area contributed by atoms with Gasteiger partial charge in [-0.15, -0.1) is 0 Å². The number of nitrogens with zero attached hydrogens (tertiary/aromatic N) is 2. The van der Waals surface area contributed by atoms with E-state index in [1.807, 2.05) is 0 Å². The molecule has 0 N–H and O–H groups in total. The number of esters is 1. The smallest absolute Gasteiger partial charge is 0.420 e. The Labute approximate surface area is 132 Å². The van der Waals surface area contributed by atoms with E-state index in [9.17, 15) is 14.4 Å². The van der Waals surface area contributed by atoms with Crippen LogP contribution in [0.15, 0.2) is 27.4 Å². The molecule has 0 radical (unpaired) electrons. The quantitative estimate of drug-likeness (QED) is 0.799. The summed E-state index contributed by atoms with van der Waals surface area (Å²) in [5, 5.41) is 0. The predicted molar refractivity (Wildman–Crippen MR) is 82.2 cm³/mol. The zero-order valence-corrected chi connectivity index (χ0v) is 12.9. The van der Waals surface area contributed by atoms with Gasteiger partial charge in [-0.2, -0.15) is 0 Å². The molecule has 1 aliphatic heterocycles. The lowest BCUT2D eigenvalue weighted by Gasteiger charge is -2.26. The molecule has 0 atom stereocenters. The average molecular weight is 318 g/mol. The van der Waals surface area contributed by atoms with Crippen molar-refractivity contribution in [2.45, 2.75) is 25.8 Å². The van der Waals surface area contributed by atoms with Gasteiger partial charge in [0.2, 0.25) is 5.91 Å². The first-order chi connectivity index (χ1) is 11.1. The van der Waals surface area contributed by atoms with Gasteiger partial charge in [0.25, 0.3) is 0 Å². The number of likely N-dealkylation sites (tertiary alicyclic amines) is 1. The lowest BCUT2D eigenvalue weighted by molar-refractivity contribution is -0.132. The first-order valence-electron chi connectivity index (χ1n) is 7.59. The third-order valence-electron chi connectivity index (χ3n) is 4.09. The summed E-state index contributed by atoms with van der Waals surface area (Å²) >= 11 is 0. The van der Waals surface area contributed by atoms with Crippen LogP contribution < -0.4 is 5.76 Å². The number of oxazole rings is 1. The lowest BCUT2D eigenvalue weighted by Crippen LogP contribution is -2.39. The summed E-state index contributed by atoms with van der Waals surface area (Å²) in [4.78, 5) is 37.6. The van der Waals surface area contributed by atoms with E-state index in [2.05, 4.69) is 4.74 Å². The van der Waals surface area contributed by atoms with Crippen molar-refractivity contribution in [1.82, 2.24) is 9.47 Å². The molecule has 2 heterocycles. The number of methoxy groups -OCH3 is 1. The van der Waals surface area contributed by atoms with Crippen molar-refractivity contribution in [3.05, 3.63) is 34.3 Å². The van der Waals surface area contributed by atoms with Crippen molar-refractivity contribution in [1.29, 1.82) is 0 Å². The number of carbonyl (C=O) groups is 2. The Morgan fingerprint density at radius 3 is 2.65 bits per heavy atom. The van der Waals surface area contributed by atoms with E-state index in [1.165, 1.54) is 17.7 Å². The van der Waals surface area contributed by atoms with Crippen LogP contribution in [0, 0.1) is 0 Å². The van der Waals surface area contributed by atoms with Gasteiger partial charge in [-0.3, -0.25) is 9.36 Å². The summed E-state index contributed by atoms with van der Waals surface area (Å²) in [5.41, 5.74) is 1.06. The highest BCUT2D eigenvalue weighted by atomic mass is 16.5. The molecule has 1 saturated heterocycles. The number of amides is 1. The van der Waals surface area contributed by atoms with Crippen LogP contribution in [-0.4, -0.2) is 41.5 Å². The zero-order valence-electron chi connectivity index (χ0n) is 12.9. The molecule has 7 nitrogen and oxygen atoms in total. The van der Waals surface area contributed by atoms with Crippen molar-refractivity contribution in [3.8, 4) is 0 Å². The number of carbonyl (C=O) groups excluding carboxylic acids is 2. The van der Waals surface area contributed by atoms with Crippen LogP contribution in [0.3, 0.4) is 0 Å². The molecule has 23 heavy (non-hydrogen) atoms. The third-order valence-corrected chi connectivity index (χ3v) is 4.09. The molecule has 1 aliphatic rings. The van der Waals surface area contributed by atoms with Crippen LogP contribution >= 0.6 is 0 Å². The minimum Gasteiger partial charge on any atom is -0.465 e. The third kappa shape index (κ3) is 2.99.